The lowest BCUT2D eigenvalue weighted by molar-refractivity contribution is -0.124. The van der Waals surface area contributed by atoms with E-state index in [1.165, 1.54) is 10.4 Å². The molecule has 2 rings (SSSR count). The number of aryl methyl sites for hydroxylation is 1. The van der Waals surface area contributed by atoms with Gasteiger partial charge in [0.15, 0.2) is 0 Å². The van der Waals surface area contributed by atoms with Gasteiger partial charge in [0.05, 0.1) is 5.92 Å². The zero-order valence-electron chi connectivity index (χ0n) is 11.0. The first-order valence-electron chi connectivity index (χ1n) is 6.48. The topological polar surface area (TPSA) is 29.1 Å². The summed E-state index contributed by atoms with van der Waals surface area (Å²) in [5.41, 5.74) is 1.13. The molecule has 0 aliphatic heterocycles. The molecule has 100 valence electrons. The molecule has 4 heteroatoms. The van der Waals surface area contributed by atoms with Crippen molar-refractivity contribution in [1.82, 2.24) is 5.32 Å². The molecule has 1 aliphatic rings. The highest BCUT2D eigenvalue weighted by Crippen LogP contribution is 2.35. The molecule has 1 N–H and O–H groups in total. The van der Waals surface area contributed by atoms with E-state index in [-0.39, 0.29) is 17.4 Å². The highest BCUT2D eigenvalue weighted by atomic mass is 79.9. The van der Waals surface area contributed by atoms with E-state index in [9.17, 15) is 4.79 Å². The van der Waals surface area contributed by atoms with E-state index in [1.54, 1.807) is 11.3 Å². The minimum Gasteiger partial charge on any atom is -0.351 e. The molecule has 0 saturated heterocycles. The summed E-state index contributed by atoms with van der Waals surface area (Å²) in [7, 11) is 0. The fourth-order valence-corrected chi connectivity index (χ4v) is 4.46. The summed E-state index contributed by atoms with van der Waals surface area (Å²) >= 11 is 5.23. The van der Waals surface area contributed by atoms with Crippen LogP contribution in [0.5, 0.6) is 0 Å². The van der Waals surface area contributed by atoms with Crippen molar-refractivity contribution < 1.29 is 4.79 Å². The molecule has 0 spiro atoms. The van der Waals surface area contributed by atoms with Gasteiger partial charge in [-0.25, -0.2) is 0 Å². The zero-order valence-corrected chi connectivity index (χ0v) is 13.4. The van der Waals surface area contributed by atoms with Gasteiger partial charge >= 0.3 is 0 Å². The Hall–Kier alpha value is -0.350. The number of carbonyl (C=O) groups excluding carboxylic acids is 1. The van der Waals surface area contributed by atoms with Crippen molar-refractivity contribution >= 4 is 33.2 Å². The van der Waals surface area contributed by atoms with Crippen molar-refractivity contribution in [1.29, 1.82) is 0 Å². The van der Waals surface area contributed by atoms with Crippen LogP contribution in [-0.2, 0) is 11.2 Å². The standard InChI is InChI=1S/C14H20BrNOS/c1-14(2,7-8-15)16-13(17)11-4-3-5-12-10(11)6-9-18-12/h6,9,11H,3-5,7-8H2,1-2H3,(H,16,17). The van der Waals surface area contributed by atoms with Gasteiger partial charge < -0.3 is 5.32 Å². The fourth-order valence-electron chi connectivity index (χ4n) is 2.48. The number of nitrogens with one attached hydrogen (secondary N) is 1. The van der Waals surface area contributed by atoms with Crippen molar-refractivity contribution in [2.75, 3.05) is 5.33 Å². The van der Waals surface area contributed by atoms with Gasteiger partial charge in [0.2, 0.25) is 5.91 Å². The summed E-state index contributed by atoms with van der Waals surface area (Å²) in [6.45, 7) is 4.17. The van der Waals surface area contributed by atoms with Gasteiger partial charge in [0.25, 0.3) is 0 Å². The Balaban J connectivity index is 2.07. The van der Waals surface area contributed by atoms with Crippen molar-refractivity contribution in [2.45, 2.75) is 51.0 Å². The summed E-state index contributed by atoms with van der Waals surface area (Å²) in [5, 5.41) is 6.22. The second-order valence-electron chi connectivity index (χ2n) is 5.56. The normalized spacial score (nSPS) is 19.4. The number of amides is 1. The monoisotopic (exact) mass is 329 g/mol. The van der Waals surface area contributed by atoms with Crippen LogP contribution in [-0.4, -0.2) is 16.8 Å². The van der Waals surface area contributed by atoms with E-state index < -0.39 is 0 Å². The molecule has 1 unspecified atom stereocenters. The van der Waals surface area contributed by atoms with Crippen LogP contribution in [0.3, 0.4) is 0 Å². The molecule has 0 saturated carbocycles. The van der Waals surface area contributed by atoms with Gasteiger partial charge in [-0.15, -0.1) is 11.3 Å². The van der Waals surface area contributed by atoms with Crippen molar-refractivity contribution in [2.24, 2.45) is 0 Å². The third-order valence-electron chi connectivity index (χ3n) is 3.55. The third-order valence-corrected chi connectivity index (χ3v) is 4.94. The van der Waals surface area contributed by atoms with E-state index in [2.05, 4.69) is 46.5 Å². The van der Waals surface area contributed by atoms with Crippen LogP contribution in [0.25, 0.3) is 0 Å². The molecule has 2 nitrogen and oxygen atoms in total. The average molecular weight is 330 g/mol. The molecule has 1 amide bonds. The average Bonchev–Trinajstić information content (AvgIpc) is 2.75. The predicted molar refractivity (Wildman–Crippen MR) is 80.6 cm³/mol. The van der Waals surface area contributed by atoms with Crippen LogP contribution < -0.4 is 5.32 Å². The molecule has 0 radical (unpaired) electrons. The van der Waals surface area contributed by atoms with Gasteiger partial charge in [-0.2, -0.15) is 0 Å². The highest BCUT2D eigenvalue weighted by Gasteiger charge is 2.30. The Bertz CT molecular complexity index is 427. The summed E-state index contributed by atoms with van der Waals surface area (Å²) in [4.78, 5) is 13.8. The van der Waals surface area contributed by atoms with Crippen LogP contribution in [0.1, 0.15) is 49.5 Å². The molecule has 0 bridgehead atoms. The number of thiophene rings is 1. The van der Waals surface area contributed by atoms with Gasteiger partial charge in [0.1, 0.15) is 0 Å². The van der Waals surface area contributed by atoms with Crippen molar-refractivity contribution in [3.05, 3.63) is 21.9 Å². The van der Waals surface area contributed by atoms with Crippen LogP contribution >= 0.6 is 27.3 Å². The SMILES string of the molecule is CC(C)(CCBr)NC(=O)C1CCCc2sccc21. The van der Waals surface area contributed by atoms with Gasteiger partial charge in [-0.05, 0) is 56.5 Å². The second kappa shape index (κ2) is 5.74. The number of hydrogen-bond donors (Lipinski definition) is 1. The van der Waals surface area contributed by atoms with Gasteiger partial charge in [-0.1, -0.05) is 15.9 Å². The molecule has 0 aromatic carbocycles. The maximum Gasteiger partial charge on any atom is 0.227 e. The molecule has 1 aliphatic carbocycles. The Morgan fingerprint density at radius 2 is 2.39 bits per heavy atom. The molecule has 1 atom stereocenters. The number of hydrogen-bond acceptors (Lipinski definition) is 2. The molecular formula is C14H20BrNOS. The van der Waals surface area contributed by atoms with E-state index in [1.807, 2.05) is 0 Å². The smallest absolute Gasteiger partial charge is 0.227 e. The minimum absolute atomic E-state index is 0.0644. The first-order chi connectivity index (χ1) is 8.53. The van der Waals surface area contributed by atoms with Crippen molar-refractivity contribution in [3.63, 3.8) is 0 Å². The number of fused-ring (bicyclic) bond motifs is 1. The Morgan fingerprint density at radius 1 is 1.61 bits per heavy atom. The Kier molecular flexibility index (Phi) is 4.49. The van der Waals surface area contributed by atoms with E-state index in [4.69, 9.17) is 0 Å². The summed E-state index contributed by atoms with van der Waals surface area (Å²) in [6, 6.07) is 2.13. The molecule has 1 aromatic heterocycles. The quantitative estimate of drug-likeness (QED) is 0.835. The van der Waals surface area contributed by atoms with Crippen LogP contribution in [0.2, 0.25) is 0 Å². The maximum atomic E-state index is 12.4. The number of alkyl halides is 1. The summed E-state index contributed by atoms with van der Waals surface area (Å²) in [5.74, 6) is 0.259. The number of carbonyl (C=O) groups is 1. The molecule has 0 fully saturated rings. The number of halogens is 1. The summed E-state index contributed by atoms with van der Waals surface area (Å²) < 4.78 is 0. The first-order valence-corrected chi connectivity index (χ1v) is 8.48. The Morgan fingerprint density at radius 3 is 3.11 bits per heavy atom. The molecular weight excluding hydrogens is 310 g/mol. The second-order valence-corrected chi connectivity index (χ2v) is 7.35. The van der Waals surface area contributed by atoms with E-state index in [0.29, 0.717) is 0 Å². The van der Waals surface area contributed by atoms with Crippen LogP contribution in [0.15, 0.2) is 11.4 Å². The molecule has 1 heterocycles. The van der Waals surface area contributed by atoms with Crippen LogP contribution in [0.4, 0.5) is 0 Å². The number of rotatable bonds is 4. The lowest BCUT2D eigenvalue weighted by Gasteiger charge is -2.30. The minimum atomic E-state index is -0.131. The van der Waals surface area contributed by atoms with Gasteiger partial charge in [-0.3, -0.25) is 4.79 Å². The molecule has 1 aromatic rings. The largest absolute Gasteiger partial charge is 0.351 e. The van der Waals surface area contributed by atoms with E-state index in [0.717, 1.165) is 31.0 Å². The molecule has 18 heavy (non-hydrogen) atoms. The predicted octanol–water partition coefficient (Wildman–Crippen LogP) is 3.85. The lowest BCUT2D eigenvalue weighted by Crippen LogP contribution is -2.46. The maximum absolute atomic E-state index is 12.4. The van der Waals surface area contributed by atoms with E-state index >= 15 is 0 Å². The first kappa shape index (κ1) is 14.1. The Labute approximate surface area is 121 Å². The van der Waals surface area contributed by atoms with Crippen molar-refractivity contribution in [3.8, 4) is 0 Å². The third kappa shape index (κ3) is 3.15. The summed E-state index contributed by atoms with van der Waals surface area (Å²) in [6.07, 6.45) is 4.20. The lowest BCUT2D eigenvalue weighted by atomic mass is 9.86. The highest BCUT2D eigenvalue weighted by molar-refractivity contribution is 9.09. The van der Waals surface area contributed by atoms with Gasteiger partial charge in [0, 0.05) is 15.7 Å². The van der Waals surface area contributed by atoms with Crippen LogP contribution in [0, 0.1) is 0 Å². The zero-order chi connectivity index (χ0) is 13.2. The fraction of sp³-hybridized carbons (Fsp3) is 0.643.